The number of nitrogens with two attached hydrogens (primary N) is 2. The summed E-state index contributed by atoms with van der Waals surface area (Å²) < 4.78 is 5.19. The van der Waals surface area contributed by atoms with E-state index in [9.17, 15) is 4.79 Å². The van der Waals surface area contributed by atoms with Crippen molar-refractivity contribution < 1.29 is 9.53 Å². The minimum Gasteiger partial charge on any atom is -0.447 e. The number of ether oxygens (including phenoxy) is 1. The minimum absolute atomic E-state index is 0. The maximum Gasteiger partial charge on any atom is 0.304 e. The molecular weight excluding hydrogens is 374 g/mol. The van der Waals surface area contributed by atoms with E-state index < -0.39 is 0 Å². The highest BCUT2D eigenvalue weighted by Gasteiger charge is 2.10. The van der Waals surface area contributed by atoms with Crippen LogP contribution in [0.25, 0.3) is 0 Å². The van der Waals surface area contributed by atoms with Gasteiger partial charge in [0, 0.05) is 6.92 Å². The van der Waals surface area contributed by atoms with Gasteiger partial charge < -0.3 is 21.5 Å². The second-order valence-electron chi connectivity index (χ2n) is 4.23. The smallest absolute Gasteiger partial charge is 0.304 e. The average molecular weight is 406 g/mol. The van der Waals surface area contributed by atoms with Crippen molar-refractivity contribution in [3.8, 4) is 0 Å². The van der Waals surface area contributed by atoms with Gasteiger partial charge in [0.1, 0.15) is 0 Å². The molecule has 0 radical (unpaired) electrons. The van der Waals surface area contributed by atoms with Gasteiger partial charge in [0.25, 0.3) is 0 Å². The number of carbonyl (C=O) groups is 1. The number of carbonyl (C=O) groups excluding carboxylic acids is 1. The van der Waals surface area contributed by atoms with E-state index in [-0.39, 0.29) is 61.8 Å². The quantitative estimate of drug-likeness (QED) is 0.221. The predicted molar refractivity (Wildman–Crippen MR) is 102 cm³/mol. The number of nitrogens with one attached hydrogen (secondary N) is 2. The number of rotatable bonds is 12. The lowest BCUT2D eigenvalue weighted by Gasteiger charge is -2.18. The van der Waals surface area contributed by atoms with Crippen LogP contribution in [0.2, 0.25) is 0 Å². The Balaban J connectivity index is -0.000000241. The molecule has 140 valence electrons. The molecule has 0 aromatic heterocycles. The lowest BCUT2D eigenvalue weighted by atomic mass is 10.2. The van der Waals surface area contributed by atoms with Gasteiger partial charge in [-0.15, -0.1) is 49.6 Å². The molecule has 0 rings (SSSR count). The fourth-order valence-electron chi connectivity index (χ4n) is 1.53. The summed E-state index contributed by atoms with van der Waals surface area (Å²) in [7, 11) is 0. The average Bonchev–Trinajstić information content (AvgIpc) is 2.33. The highest BCUT2D eigenvalue weighted by atomic mass is 35.5. The summed E-state index contributed by atoms with van der Waals surface area (Å²) in [5.74, 6) is -0.253. The SMILES string of the molecule is CC(=O)OC(CCCNCCCN)NCCCN.Cl.Cl.Cl.Cl. The standard InChI is InChI=1S/C12H28N4O2.4ClH/c1-11(17)18-12(16-10-4-7-14)5-2-8-15-9-3-6-13;;;;/h12,15-16H,2-10,13-14H2,1H3;4*1H. The van der Waals surface area contributed by atoms with E-state index in [4.69, 9.17) is 16.2 Å². The van der Waals surface area contributed by atoms with Crippen LogP contribution in [0, 0.1) is 0 Å². The van der Waals surface area contributed by atoms with Crippen LogP contribution in [-0.2, 0) is 9.53 Å². The molecule has 1 unspecified atom stereocenters. The second-order valence-corrected chi connectivity index (χ2v) is 4.23. The first-order valence-electron chi connectivity index (χ1n) is 6.72. The molecule has 0 amide bonds. The molecule has 6 nitrogen and oxygen atoms in total. The third-order valence-electron chi connectivity index (χ3n) is 2.44. The van der Waals surface area contributed by atoms with Crippen LogP contribution in [0.4, 0.5) is 0 Å². The lowest BCUT2D eigenvalue weighted by Crippen LogP contribution is -2.35. The van der Waals surface area contributed by atoms with Crippen molar-refractivity contribution >= 4 is 55.6 Å². The van der Waals surface area contributed by atoms with Crippen LogP contribution in [0.15, 0.2) is 0 Å². The maximum atomic E-state index is 10.9. The van der Waals surface area contributed by atoms with Crippen molar-refractivity contribution in [3.05, 3.63) is 0 Å². The molecule has 0 aliphatic rings. The molecule has 10 heteroatoms. The van der Waals surface area contributed by atoms with Crippen molar-refractivity contribution in [1.29, 1.82) is 0 Å². The molecule has 1 atom stereocenters. The Morgan fingerprint density at radius 2 is 1.45 bits per heavy atom. The van der Waals surface area contributed by atoms with Gasteiger partial charge in [-0.05, 0) is 58.4 Å². The summed E-state index contributed by atoms with van der Waals surface area (Å²) in [6.45, 7) is 5.40. The van der Waals surface area contributed by atoms with Gasteiger partial charge in [0.05, 0.1) is 0 Å². The first-order valence-corrected chi connectivity index (χ1v) is 6.72. The Labute approximate surface area is 158 Å². The Hall–Kier alpha value is 0.470. The molecule has 0 aliphatic heterocycles. The molecule has 0 saturated heterocycles. The van der Waals surface area contributed by atoms with E-state index in [2.05, 4.69) is 10.6 Å². The van der Waals surface area contributed by atoms with Gasteiger partial charge >= 0.3 is 5.97 Å². The zero-order valence-corrected chi connectivity index (χ0v) is 16.3. The summed E-state index contributed by atoms with van der Waals surface area (Å²) in [4.78, 5) is 10.9. The van der Waals surface area contributed by atoms with Gasteiger partial charge in [0.2, 0.25) is 0 Å². The normalized spacial score (nSPS) is 10.1. The van der Waals surface area contributed by atoms with Crippen LogP contribution < -0.4 is 22.1 Å². The largest absolute Gasteiger partial charge is 0.447 e. The summed E-state index contributed by atoms with van der Waals surface area (Å²) in [5.41, 5.74) is 10.8. The van der Waals surface area contributed by atoms with Crippen LogP contribution >= 0.6 is 49.6 Å². The lowest BCUT2D eigenvalue weighted by molar-refractivity contribution is -0.148. The summed E-state index contributed by atoms with van der Waals surface area (Å²) >= 11 is 0. The summed E-state index contributed by atoms with van der Waals surface area (Å²) in [5, 5.41) is 6.48. The number of halogens is 4. The highest BCUT2D eigenvalue weighted by molar-refractivity contribution is 5.86. The molecule has 6 N–H and O–H groups in total. The molecule has 0 fully saturated rings. The van der Waals surface area contributed by atoms with E-state index in [0.29, 0.717) is 13.1 Å². The molecule has 0 aromatic rings. The Kier molecular flexibility index (Phi) is 40.7. The van der Waals surface area contributed by atoms with Crippen molar-refractivity contribution in [2.45, 2.75) is 38.8 Å². The van der Waals surface area contributed by atoms with Crippen molar-refractivity contribution in [3.63, 3.8) is 0 Å². The van der Waals surface area contributed by atoms with Gasteiger partial charge in [-0.25, -0.2) is 0 Å². The van der Waals surface area contributed by atoms with Gasteiger partial charge in [-0.3, -0.25) is 10.1 Å². The summed E-state index contributed by atoms with van der Waals surface area (Å²) in [6, 6.07) is 0. The van der Waals surface area contributed by atoms with Crippen LogP contribution in [0.1, 0.15) is 32.6 Å². The van der Waals surface area contributed by atoms with E-state index in [1.165, 1.54) is 6.92 Å². The topological polar surface area (TPSA) is 102 Å². The number of hydrogen-bond donors (Lipinski definition) is 4. The Bertz CT molecular complexity index is 218. The zero-order chi connectivity index (χ0) is 13.6. The summed E-state index contributed by atoms with van der Waals surface area (Å²) in [6.07, 6.45) is 3.43. The first kappa shape index (κ1) is 33.9. The van der Waals surface area contributed by atoms with E-state index in [1.807, 2.05) is 0 Å². The van der Waals surface area contributed by atoms with Gasteiger partial charge in [0.15, 0.2) is 6.23 Å². The highest BCUT2D eigenvalue weighted by Crippen LogP contribution is 1.99. The fraction of sp³-hybridized carbons (Fsp3) is 0.917. The molecule has 0 aromatic carbocycles. The molecular formula is C12H32Cl4N4O2. The Morgan fingerprint density at radius 1 is 0.955 bits per heavy atom. The third kappa shape index (κ3) is 25.4. The van der Waals surface area contributed by atoms with Crippen molar-refractivity contribution in [2.75, 3.05) is 32.7 Å². The minimum atomic E-state index is -0.253. The third-order valence-corrected chi connectivity index (χ3v) is 2.44. The number of esters is 1. The van der Waals surface area contributed by atoms with E-state index in [1.54, 1.807) is 0 Å². The van der Waals surface area contributed by atoms with Crippen molar-refractivity contribution in [1.82, 2.24) is 10.6 Å². The van der Waals surface area contributed by atoms with Crippen LogP contribution in [-0.4, -0.2) is 44.9 Å². The fourth-order valence-corrected chi connectivity index (χ4v) is 1.53. The maximum absolute atomic E-state index is 10.9. The Morgan fingerprint density at radius 3 is 1.95 bits per heavy atom. The van der Waals surface area contributed by atoms with Gasteiger partial charge in [-0.2, -0.15) is 0 Å². The second kappa shape index (κ2) is 26.4. The molecule has 0 heterocycles. The van der Waals surface area contributed by atoms with Crippen LogP contribution in [0.5, 0.6) is 0 Å². The molecule has 0 bridgehead atoms. The molecule has 0 spiro atoms. The molecule has 0 aliphatic carbocycles. The molecule has 0 saturated carbocycles. The monoisotopic (exact) mass is 404 g/mol. The number of hydrogen-bond acceptors (Lipinski definition) is 6. The zero-order valence-electron chi connectivity index (χ0n) is 13.0. The van der Waals surface area contributed by atoms with Gasteiger partial charge in [-0.1, -0.05) is 0 Å². The molecule has 22 heavy (non-hydrogen) atoms. The van der Waals surface area contributed by atoms with E-state index in [0.717, 1.165) is 45.3 Å². The van der Waals surface area contributed by atoms with Crippen LogP contribution in [0.3, 0.4) is 0 Å². The first-order chi connectivity index (χ1) is 8.70. The predicted octanol–water partition coefficient (Wildman–Crippen LogP) is 1.22. The van der Waals surface area contributed by atoms with E-state index >= 15 is 0 Å². The van der Waals surface area contributed by atoms with Crippen molar-refractivity contribution in [2.24, 2.45) is 11.5 Å².